The first-order valence-corrected chi connectivity index (χ1v) is 10.0. The molecule has 0 rings (SSSR count). The minimum atomic E-state index is -1.45. The standard InChI is InChI=1S/C15H32OSi/c1-5-9-13-17(14-10-6-2,15-11-7-3)16-12-8-4/h8H,4-7,9-15H2,1-3H3. The van der Waals surface area contributed by atoms with Crippen molar-refractivity contribution in [3.63, 3.8) is 0 Å². The Morgan fingerprint density at radius 2 is 1.29 bits per heavy atom. The van der Waals surface area contributed by atoms with E-state index < -0.39 is 8.32 Å². The maximum atomic E-state index is 6.31. The molecule has 0 unspecified atom stereocenters. The highest BCUT2D eigenvalue weighted by Gasteiger charge is 2.32. The molecular formula is C15H32OSi. The van der Waals surface area contributed by atoms with Gasteiger partial charge in [-0.1, -0.05) is 65.4 Å². The average Bonchev–Trinajstić information content (AvgIpc) is 2.37. The molecule has 2 heteroatoms. The number of hydrogen-bond acceptors (Lipinski definition) is 1. The van der Waals surface area contributed by atoms with E-state index in [-0.39, 0.29) is 0 Å². The quantitative estimate of drug-likeness (QED) is 0.329. The van der Waals surface area contributed by atoms with E-state index in [1.165, 1.54) is 56.7 Å². The van der Waals surface area contributed by atoms with Crippen LogP contribution in [0.3, 0.4) is 0 Å². The van der Waals surface area contributed by atoms with Gasteiger partial charge >= 0.3 is 0 Å². The van der Waals surface area contributed by atoms with Gasteiger partial charge in [-0.15, -0.1) is 6.58 Å². The van der Waals surface area contributed by atoms with E-state index in [2.05, 4.69) is 27.4 Å². The smallest absolute Gasteiger partial charge is 0.193 e. The van der Waals surface area contributed by atoms with Crippen molar-refractivity contribution in [3.8, 4) is 0 Å². The van der Waals surface area contributed by atoms with Crippen LogP contribution in [0.2, 0.25) is 18.1 Å². The molecule has 0 aromatic rings. The summed E-state index contributed by atoms with van der Waals surface area (Å²) in [5, 5.41) is 0. The first-order chi connectivity index (χ1) is 8.24. The monoisotopic (exact) mass is 256 g/mol. The van der Waals surface area contributed by atoms with Crippen LogP contribution in [0.25, 0.3) is 0 Å². The molecule has 0 aliphatic heterocycles. The lowest BCUT2D eigenvalue weighted by molar-refractivity contribution is 0.335. The Kier molecular flexibility index (Phi) is 11.0. The number of rotatable bonds is 12. The summed E-state index contributed by atoms with van der Waals surface area (Å²) < 4.78 is 6.31. The van der Waals surface area contributed by atoms with Gasteiger partial charge in [-0.3, -0.25) is 0 Å². The van der Waals surface area contributed by atoms with Gasteiger partial charge in [0.1, 0.15) is 0 Å². The highest BCUT2D eigenvalue weighted by atomic mass is 28.4. The summed E-state index contributed by atoms with van der Waals surface area (Å²) in [5.74, 6) is 0. The third-order valence-electron chi connectivity index (χ3n) is 3.47. The second-order valence-electron chi connectivity index (χ2n) is 5.09. The van der Waals surface area contributed by atoms with Gasteiger partial charge in [0, 0.05) is 0 Å². The Bertz CT molecular complexity index is 158. The van der Waals surface area contributed by atoms with Gasteiger partial charge in [0.15, 0.2) is 8.32 Å². The molecule has 0 aromatic carbocycles. The maximum absolute atomic E-state index is 6.31. The lowest BCUT2D eigenvalue weighted by Crippen LogP contribution is -2.38. The fraction of sp³-hybridized carbons (Fsp3) is 0.867. The molecule has 0 aliphatic carbocycles. The predicted molar refractivity (Wildman–Crippen MR) is 81.0 cm³/mol. The molecule has 0 heterocycles. The van der Waals surface area contributed by atoms with Crippen LogP contribution in [0.15, 0.2) is 12.7 Å². The summed E-state index contributed by atoms with van der Waals surface area (Å²) in [6.07, 6.45) is 9.84. The van der Waals surface area contributed by atoms with Crippen LogP contribution in [0.5, 0.6) is 0 Å². The van der Waals surface area contributed by atoms with E-state index in [1.54, 1.807) is 0 Å². The minimum absolute atomic E-state index is 0.767. The molecule has 0 fully saturated rings. The van der Waals surface area contributed by atoms with Crippen LogP contribution in [0, 0.1) is 0 Å². The largest absolute Gasteiger partial charge is 0.413 e. The van der Waals surface area contributed by atoms with E-state index in [0.717, 1.165) is 6.61 Å². The second-order valence-corrected chi connectivity index (χ2v) is 9.25. The van der Waals surface area contributed by atoms with Crippen LogP contribution < -0.4 is 0 Å². The summed E-state index contributed by atoms with van der Waals surface area (Å²) in [6.45, 7) is 11.4. The zero-order chi connectivity index (χ0) is 13.0. The van der Waals surface area contributed by atoms with Crippen molar-refractivity contribution in [2.45, 2.75) is 77.4 Å². The molecular weight excluding hydrogens is 224 g/mol. The van der Waals surface area contributed by atoms with E-state index in [0.29, 0.717) is 0 Å². The average molecular weight is 257 g/mol. The molecule has 102 valence electrons. The van der Waals surface area contributed by atoms with Crippen molar-refractivity contribution < 1.29 is 4.43 Å². The molecule has 0 saturated carbocycles. The molecule has 1 nitrogen and oxygen atoms in total. The zero-order valence-corrected chi connectivity index (χ0v) is 13.3. The van der Waals surface area contributed by atoms with Crippen molar-refractivity contribution >= 4 is 8.32 Å². The van der Waals surface area contributed by atoms with Gasteiger partial charge in [0.2, 0.25) is 0 Å². The molecule has 17 heavy (non-hydrogen) atoms. The van der Waals surface area contributed by atoms with Crippen LogP contribution in [0.1, 0.15) is 59.3 Å². The summed E-state index contributed by atoms with van der Waals surface area (Å²) in [5.41, 5.74) is 0. The van der Waals surface area contributed by atoms with E-state index in [9.17, 15) is 0 Å². The number of hydrogen-bond donors (Lipinski definition) is 0. The van der Waals surface area contributed by atoms with Gasteiger partial charge in [-0.25, -0.2) is 0 Å². The Balaban J connectivity index is 4.44. The molecule has 0 N–H and O–H groups in total. The predicted octanol–water partition coefficient (Wildman–Crippen LogP) is 5.53. The van der Waals surface area contributed by atoms with Crippen LogP contribution in [0.4, 0.5) is 0 Å². The zero-order valence-electron chi connectivity index (χ0n) is 12.3. The highest BCUT2D eigenvalue weighted by molar-refractivity contribution is 6.73. The van der Waals surface area contributed by atoms with E-state index >= 15 is 0 Å². The SMILES string of the molecule is C=CCO[Si](CCCC)(CCCC)CCCC. The van der Waals surface area contributed by atoms with Gasteiger partial charge in [-0.05, 0) is 18.1 Å². The van der Waals surface area contributed by atoms with E-state index in [1.807, 2.05) is 6.08 Å². The first kappa shape index (κ1) is 16.9. The first-order valence-electron chi connectivity index (χ1n) is 7.49. The van der Waals surface area contributed by atoms with E-state index in [4.69, 9.17) is 4.43 Å². The normalized spacial score (nSPS) is 11.7. The molecule has 0 aromatic heterocycles. The third kappa shape index (κ3) is 7.77. The summed E-state index contributed by atoms with van der Waals surface area (Å²) >= 11 is 0. The van der Waals surface area contributed by atoms with Crippen molar-refractivity contribution in [3.05, 3.63) is 12.7 Å². The molecule has 0 radical (unpaired) electrons. The van der Waals surface area contributed by atoms with Crippen LogP contribution in [-0.4, -0.2) is 14.9 Å². The maximum Gasteiger partial charge on any atom is 0.193 e. The van der Waals surface area contributed by atoms with Crippen molar-refractivity contribution in [1.29, 1.82) is 0 Å². The molecule has 0 spiro atoms. The fourth-order valence-corrected chi connectivity index (χ4v) is 6.97. The molecule has 0 bridgehead atoms. The highest BCUT2D eigenvalue weighted by Crippen LogP contribution is 2.29. The molecule has 0 aliphatic rings. The minimum Gasteiger partial charge on any atom is -0.413 e. The number of unbranched alkanes of at least 4 members (excludes halogenated alkanes) is 3. The molecule has 0 saturated heterocycles. The lowest BCUT2D eigenvalue weighted by Gasteiger charge is -2.31. The Hall–Kier alpha value is -0.0831. The summed E-state index contributed by atoms with van der Waals surface area (Å²) in [4.78, 5) is 0. The third-order valence-corrected chi connectivity index (χ3v) is 8.04. The Labute approximate surface area is 110 Å². The fourth-order valence-electron chi connectivity index (χ4n) is 2.32. The summed E-state index contributed by atoms with van der Waals surface area (Å²) in [6, 6.07) is 4.08. The summed E-state index contributed by atoms with van der Waals surface area (Å²) in [7, 11) is -1.45. The van der Waals surface area contributed by atoms with Crippen molar-refractivity contribution in [2.75, 3.05) is 6.61 Å². The Morgan fingerprint density at radius 3 is 1.59 bits per heavy atom. The molecule has 0 atom stereocenters. The van der Waals surface area contributed by atoms with Gasteiger partial charge in [0.05, 0.1) is 6.61 Å². The van der Waals surface area contributed by atoms with Gasteiger partial charge in [0.25, 0.3) is 0 Å². The van der Waals surface area contributed by atoms with Crippen molar-refractivity contribution in [2.24, 2.45) is 0 Å². The topological polar surface area (TPSA) is 9.23 Å². The van der Waals surface area contributed by atoms with Gasteiger partial charge in [-0.2, -0.15) is 0 Å². The van der Waals surface area contributed by atoms with Crippen molar-refractivity contribution in [1.82, 2.24) is 0 Å². The lowest BCUT2D eigenvalue weighted by atomic mass is 10.4. The second kappa shape index (κ2) is 11.0. The van der Waals surface area contributed by atoms with Crippen LogP contribution in [-0.2, 0) is 4.43 Å². The molecule has 0 amide bonds. The Morgan fingerprint density at radius 1 is 0.882 bits per heavy atom. The van der Waals surface area contributed by atoms with Crippen LogP contribution >= 0.6 is 0 Å². The van der Waals surface area contributed by atoms with Gasteiger partial charge < -0.3 is 4.43 Å².